The van der Waals surface area contributed by atoms with E-state index in [2.05, 4.69) is 20.6 Å². The van der Waals surface area contributed by atoms with Gasteiger partial charge in [-0.25, -0.2) is 4.98 Å². The molecule has 2 heterocycles. The van der Waals surface area contributed by atoms with Gasteiger partial charge >= 0.3 is 0 Å². The van der Waals surface area contributed by atoms with Gasteiger partial charge in [0.05, 0.1) is 18.3 Å². The Morgan fingerprint density at radius 3 is 2.54 bits per heavy atom. The van der Waals surface area contributed by atoms with E-state index in [4.69, 9.17) is 16.0 Å². The Morgan fingerprint density at radius 2 is 1.69 bits per heavy atom. The zero-order chi connectivity index (χ0) is 17.8. The molecule has 4 aromatic rings. The smallest absolute Gasteiger partial charge is 0.225 e. The molecule has 4 rings (SSSR count). The van der Waals surface area contributed by atoms with Gasteiger partial charge in [-0.1, -0.05) is 41.9 Å². The molecule has 0 bridgehead atoms. The summed E-state index contributed by atoms with van der Waals surface area (Å²) in [6.45, 7) is 1.10. The summed E-state index contributed by atoms with van der Waals surface area (Å²) in [5, 5.41) is 8.27. The lowest BCUT2D eigenvalue weighted by Crippen LogP contribution is -2.08. The zero-order valence-electron chi connectivity index (χ0n) is 13.9. The number of anilines is 2. The fourth-order valence-electron chi connectivity index (χ4n) is 2.69. The number of para-hydroxylation sites is 1. The van der Waals surface area contributed by atoms with Gasteiger partial charge in [0, 0.05) is 17.0 Å². The molecule has 0 atom stereocenters. The number of fused-ring (bicyclic) bond motifs is 1. The summed E-state index contributed by atoms with van der Waals surface area (Å²) in [4.78, 5) is 9.22. The minimum atomic E-state index is 0.547. The van der Waals surface area contributed by atoms with Gasteiger partial charge < -0.3 is 15.1 Å². The highest BCUT2D eigenvalue weighted by molar-refractivity contribution is 6.31. The van der Waals surface area contributed by atoms with Crippen molar-refractivity contribution in [3.05, 3.63) is 83.3 Å². The van der Waals surface area contributed by atoms with E-state index in [0.717, 1.165) is 33.1 Å². The molecule has 0 aliphatic carbocycles. The van der Waals surface area contributed by atoms with Gasteiger partial charge in [0.25, 0.3) is 0 Å². The number of hydrogen-bond acceptors (Lipinski definition) is 5. The van der Waals surface area contributed by atoms with Crippen LogP contribution in [0.25, 0.3) is 10.9 Å². The molecule has 5 nitrogen and oxygen atoms in total. The number of hydrogen-bond donors (Lipinski definition) is 2. The van der Waals surface area contributed by atoms with Gasteiger partial charge in [0.1, 0.15) is 11.6 Å². The minimum absolute atomic E-state index is 0.547. The Balaban J connectivity index is 1.59. The van der Waals surface area contributed by atoms with Gasteiger partial charge in [-0.3, -0.25) is 0 Å². The average molecular weight is 365 g/mol. The monoisotopic (exact) mass is 364 g/mol. The molecule has 0 saturated heterocycles. The summed E-state index contributed by atoms with van der Waals surface area (Å²) in [7, 11) is 0. The number of aromatic nitrogens is 2. The second-order valence-electron chi connectivity index (χ2n) is 5.79. The average Bonchev–Trinajstić information content (AvgIpc) is 3.19. The predicted molar refractivity (Wildman–Crippen MR) is 104 cm³/mol. The van der Waals surface area contributed by atoms with E-state index in [9.17, 15) is 0 Å². The van der Waals surface area contributed by atoms with Crippen molar-refractivity contribution in [1.82, 2.24) is 9.97 Å². The van der Waals surface area contributed by atoms with Crippen LogP contribution in [0.1, 0.15) is 11.3 Å². The fourth-order valence-corrected chi connectivity index (χ4v) is 2.89. The molecule has 0 amide bonds. The molecule has 0 fully saturated rings. The third kappa shape index (κ3) is 3.63. The molecule has 0 radical (unpaired) electrons. The molecule has 2 N–H and O–H groups in total. The Morgan fingerprint density at radius 1 is 0.846 bits per heavy atom. The maximum Gasteiger partial charge on any atom is 0.225 e. The number of benzene rings is 2. The first kappa shape index (κ1) is 16.4. The van der Waals surface area contributed by atoms with E-state index in [0.29, 0.717) is 19.0 Å². The van der Waals surface area contributed by atoms with Crippen molar-refractivity contribution in [2.75, 3.05) is 10.6 Å². The van der Waals surface area contributed by atoms with Crippen molar-refractivity contribution >= 4 is 34.3 Å². The van der Waals surface area contributed by atoms with Crippen LogP contribution in [0.15, 0.2) is 71.3 Å². The summed E-state index contributed by atoms with van der Waals surface area (Å²) in [5.41, 5.74) is 1.86. The predicted octanol–water partition coefficient (Wildman–Crippen LogP) is 5.10. The highest BCUT2D eigenvalue weighted by Crippen LogP contribution is 2.23. The number of nitrogens with one attached hydrogen (secondary N) is 2. The van der Waals surface area contributed by atoms with Crippen molar-refractivity contribution in [1.29, 1.82) is 0 Å². The van der Waals surface area contributed by atoms with Crippen LogP contribution in [0.2, 0.25) is 5.02 Å². The van der Waals surface area contributed by atoms with Crippen LogP contribution in [0.4, 0.5) is 11.8 Å². The van der Waals surface area contributed by atoms with Crippen LogP contribution in [-0.2, 0) is 13.1 Å². The Hall–Kier alpha value is -3.05. The quantitative estimate of drug-likeness (QED) is 0.498. The SMILES string of the molecule is Clc1ccccc1CNc1nc(NCc2ccco2)c2ccccc2n1. The van der Waals surface area contributed by atoms with E-state index >= 15 is 0 Å². The summed E-state index contributed by atoms with van der Waals surface area (Å²) in [5.74, 6) is 2.15. The molecule has 0 spiro atoms. The molecule has 0 unspecified atom stereocenters. The molecule has 2 aromatic carbocycles. The Kier molecular flexibility index (Phi) is 4.71. The molecule has 0 aliphatic rings. The largest absolute Gasteiger partial charge is 0.467 e. The van der Waals surface area contributed by atoms with E-state index < -0.39 is 0 Å². The topological polar surface area (TPSA) is 63.0 Å². The van der Waals surface area contributed by atoms with Crippen molar-refractivity contribution in [3.63, 3.8) is 0 Å². The lowest BCUT2D eigenvalue weighted by Gasteiger charge is -2.12. The normalized spacial score (nSPS) is 10.8. The van der Waals surface area contributed by atoms with E-state index in [-0.39, 0.29) is 0 Å². The first-order valence-electron chi connectivity index (χ1n) is 8.30. The van der Waals surface area contributed by atoms with Crippen LogP contribution in [-0.4, -0.2) is 9.97 Å². The van der Waals surface area contributed by atoms with Crippen LogP contribution in [0.5, 0.6) is 0 Å². The van der Waals surface area contributed by atoms with Crippen LogP contribution in [0.3, 0.4) is 0 Å². The fraction of sp³-hybridized carbons (Fsp3) is 0.100. The van der Waals surface area contributed by atoms with Gasteiger partial charge in [-0.15, -0.1) is 0 Å². The maximum absolute atomic E-state index is 6.22. The number of furan rings is 1. The molecule has 2 aromatic heterocycles. The standard InChI is InChI=1S/C20H17ClN4O/c21-17-9-3-1-6-14(17)12-23-20-24-18-10-4-2-8-16(18)19(25-20)22-13-15-7-5-11-26-15/h1-11H,12-13H2,(H2,22,23,24,25). The summed E-state index contributed by atoms with van der Waals surface area (Å²) < 4.78 is 5.38. The maximum atomic E-state index is 6.22. The van der Waals surface area contributed by atoms with Gasteiger partial charge in [0.15, 0.2) is 0 Å². The van der Waals surface area contributed by atoms with Gasteiger partial charge in [-0.2, -0.15) is 4.98 Å². The third-order valence-electron chi connectivity index (χ3n) is 4.01. The summed E-state index contributed by atoms with van der Waals surface area (Å²) in [6.07, 6.45) is 1.66. The van der Waals surface area contributed by atoms with Crippen molar-refractivity contribution < 1.29 is 4.42 Å². The number of halogens is 1. The summed E-state index contributed by atoms with van der Waals surface area (Å²) in [6, 6.07) is 19.4. The molecule has 6 heteroatoms. The Bertz CT molecular complexity index is 1020. The van der Waals surface area contributed by atoms with Gasteiger partial charge in [0.2, 0.25) is 5.95 Å². The molecular weight excluding hydrogens is 348 g/mol. The third-order valence-corrected chi connectivity index (χ3v) is 4.38. The molecule has 130 valence electrons. The lowest BCUT2D eigenvalue weighted by atomic mass is 10.2. The van der Waals surface area contributed by atoms with Crippen molar-refractivity contribution in [2.24, 2.45) is 0 Å². The van der Waals surface area contributed by atoms with E-state index in [1.807, 2.05) is 60.7 Å². The number of nitrogens with zero attached hydrogens (tertiary/aromatic N) is 2. The molecule has 0 saturated carbocycles. The van der Waals surface area contributed by atoms with Crippen molar-refractivity contribution in [3.8, 4) is 0 Å². The molecular formula is C20H17ClN4O. The van der Waals surface area contributed by atoms with Crippen LogP contribution in [0, 0.1) is 0 Å². The van der Waals surface area contributed by atoms with Crippen LogP contribution < -0.4 is 10.6 Å². The number of rotatable bonds is 6. The highest BCUT2D eigenvalue weighted by Gasteiger charge is 2.08. The van der Waals surface area contributed by atoms with E-state index in [1.54, 1.807) is 6.26 Å². The summed E-state index contributed by atoms with van der Waals surface area (Å²) >= 11 is 6.22. The van der Waals surface area contributed by atoms with Crippen molar-refractivity contribution in [2.45, 2.75) is 13.1 Å². The highest BCUT2D eigenvalue weighted by atomic mass is 35.5. The second-order valence-corrected chi connectivity index (χ2v) is 6.20. The minimum Gasteiger partial charge on any atom is -0.467 e. The molecule has 26 heavy (non-hydrogen) atoms. The lowest BCUT2D eigenvalue weighted by molar-refractivity contribution is 0.518. The zero-order valence-corrected chi connectivity index (χ0v) is 14.7. The first-order chi connectivity index (χ1) is 12.8. The van der Waals surface area contributed by atoms with E-state index in [1.165, 1.54) is 0 Å². The Labute approximate surface area is 156 Å². The second kappa shape index (κ2) is 7.45. The molecule has 0 aliphatic heterocycles. The van der Waals surface area contributed by atoms with Crippen LogP contribution >= 0.6 is 11.6 Å². The first-order valence-corrected chi connectivity index (χ1v) is 8.68. The van der Waals surface area contributed by atoms with Gasteiger partial charge in [-0.05, 0) is 35.9 Å².